The lowest BCUT2D eigenvalue weighted by Crippen LogP contribution is -2.57. The summed E-state index contributed by atoms with van der Waals surface area (Å²) in [4.78, 5) is 72.3. The first kappa shape index (κ1) is 62.5. The maximum absolute atomic E-state index is 14.1. The van der Waals surface area contributed by atoms with Crippen molar-refractivity contribution in [2.24, 2.45) is 5.41 Å². The number of hydrogen-bond donors (Lipinski definition) is 5. The van der Waals surface area contributed by atoms with Gasteiger partial charge in [-0.25, -0.2) is 18.4 Å². The number of nitrogens with zero attached hydrogens (tertiary/aromatic N) is 5. The van der Waals surface area contributed by atoms with Crippen molar-refractivity contribution in [1.82, 2.24) is 35.4 Å². The Bertz CT molecular complexity index is 3080. The number of carbonyl (C=O) groups excluding carboxylic acids is 4. The van der Waals surface area contributed by atoms with E-state index in [4.69, 9.17) is 16.3 Å². The molecule has 7 rings (SSSR count). The predicted octanol–water partition coefficient (Wildman–Crippen LogP) is 11.4. The molecular formula is C61H82ClN9O8S2. The zero-order chi connectivity index (χ0) is 58.6. The number of unbranched alkanes of at least 4 members (excludes halogenated alkanes) is 6. The van der Waals surface area contributed by atoms with Gasteiger partial charge in [-0.15, -0.1) is 11.3 Å². The number of aliphatic hydroxyl groups excluding tert-OH is 1. The van der Waals surface area contributed by atoms with E-state index in [0.717, 1.165) is 78.6 Å². The number of aliphatic hydroxyl groups is 1. The molecule has 0 bridgehead atoms. The van der Waals surface area contributed by atoms with Crippen LogP contribution in [0.1, 0.15) is 154 Å². The first-order chi connectivity index (χ1) is 38.5. The van der Waals surface area contributed by atoms with Crippen LogP contribution < -0.4 is 26.0 Å². The number of halogens is 1. The maximum Gasteiger partial charge on any atom is 0.246 e. The highest BCUT2D eigenvalue weighted by Gasteiger charge is 2.44. The molecule has 0 spiro atoms. The van der Waals surface area contributed by atoms with E-state index in [1.807, 2.05) is 82.3 Å². The van der Waals surface area contributed by atoms with Crippen molar-refractivity contribution in [2.45, 2.75) is 186 Å². The van der Waals surface area contributed by atoms with E-state index >= 15 is 0 Å². The van der Waals surface area contributed by atoms with Crippen molar-refractivity contribution >= 4 is 79.5 Å². The van der Waals surface area contributed by atoms with E-state index in [2.05, 4.69) is 49.2 Å². The van der Waals surface area contributed by atoms with Gasteiger partial charge in [-0.2, -0.15) is 4.98 Å². The third kappa shape index (κ3) is 16.8. The number of benzene rings is 3. The number of β-amino-alcohol motifs (C(OH)–C–C–N with tert-alkyl or cyclic N) is 1. The molecule has 20 heteroatoms. The molecule has 3 aromatic carbocycles. The monoisotopic (exact) mass is 1170 g/mol. The topological polar surface area (TPSA) is 225 Å². The summed E-state index contributed by atoms with van der Waals surface area (Å²) in [5.41, 5.74) is 7.38. The molecule has 3 atom stereocenters. The first-order valence-corrected chi connectivity index (χ1v) is 31.3. The Morgan fingerprint density at radius 3 is 2.17 bits per heavy atom. The van der Waals surface area contributed by atoms with Crippen LogP contribution in [0.4, 0.5) is 23.1 Å². The number of sulfone groups is 1. The Labute approximate surface area is 487 Å². The van der Waals surface area contributed by atoms with Gasteiger partial charge < -0.3 is 40.9 Å². The normalized spacial score (nSPS) is 16.4. The number of piperidine rings is 1. The van der Waals surface area contributed by atoms with E-state index in [1.54, 1.807) is 49.4 Å². The van der Waals surface area contributed by atoms with Crippen LogP contribution in [0.15, 0.2) is 77.3 Å². The van der Waals surface area contributed by atoms with Crippen LogP contribution in [0, 0.1) is 19.3 Å². The van der Waals surface area contributed by atoms with Crippen molar-refractivity contribution in [3.8, 4) is 16.2 Å². The molecule has 81 heavy (non-hydrogen) atoms. The van der Waals surface area contributed by atoms with Crippen LogP contribution in [0.3, 0.4) is 0 Å². The van der Waals surface area contributed by atoms with Gasteiger partial charge in [0, 0.05) is 45.4 Å². The fourth-order valence-electron chi connectivity index (χ4n) is 10.5. The second-order valence-corrected chi connectivity index (χ2v) is 26.9. The third-order valence-electron chi connectivity index (χ3n) is 15.1. The number of amides is 4. The number of hydrogen-bond acceptors (Lipinski definition) is 14. The van der Waals surface area contributed by atoms with Crippen LogP contribution >= 0.6 is 22.9 Å². The molecule has 438 valence electrons. The highest BCUT2D eigenvalue weighted by Crippen LogP contribution is 2.39. The highest BCUT2D eigenvalue weighted by atomic mass is 35.5. The molecule has 4 amide bonds. The van der Waals surface area contributed by atoms with Crippen LogP contribution in [0.2, 0.25) is 5.02 Å². The average molecular weight is 1170 g/mol. The Kier molecular flexibility index (Phi) is 21.8. The van der Waals surface area contributed by atoms with Crippen LogP contribution in [0.25, 0.3) is 10.4 Å². The molecule has 2 aliphatic heterocycles. The van der Waals surface area contributed by atoms with Crippen molar-refractivity contribution < 1.29 is 37.4 Å². The SMILES string of the molecule is Cc1cc(Nc2ncc(Cl)c(Nc3ccccc3S(=O)(=O)C(C)C)n2)c(OC(C)C)cc1C1CCN(C(=O)CCCCCCCCCC(=O)NC(C(=O)N2C[C@H](O)C[C@H]2C(=O)NCc2ccc(-c3scnc3C)cc2)C(C)(C)C)CC1. The van der Waals surface area contributed by atoms with E-state index in [9.17, 15) is 32.7 Å². The molecule has 2 saturated heterocycles. The van der Waals surface area contributed by atoms with Crippen molar-refractivity contribution in [3.63, 3.8) is 0 Å². The summed E-state index contributed by atoms with van der Waals surface area (Å²) >= 11 is 8.11. The second-order valence-electron chi connectivity index (χ2n) is 23.2. The minimum absolute atomic E-state index is 0.0181. The molecule has 5 aromatic rings. The number of nitrogens with one attached hydrogen (secondary N) is 4. The van der Waals surface area contributed by atoms with E-state index in [1.165, 1.54) is 16.7 Å². The largest absolute Gasteiger partial charge is 0.489 e. The zero-order valence-electron chi connectivity index (χ0n) is 48.4. The molecule has 1 unspecified atom stereocenters. The molecule has 4 heterocycles. The van der Waals surface area contributed by atoms with Crippen LogP contribution in [-0.4, -0.2) is 111 Å². The molecule has 2 aromatic heterocycles. The first-order valence-electron chi connectivity index (χ1n) is 28.5. The molecule has 17 nitrogen and oxygen atoms in total. The van der Waals surface area contributed by atoms with Crippen LogP contribution in [0.5, 0.6) is 5.75 Å². The van der Waals surface area contributed by atoms with Gasteiger partial charge >= 0.3 is 0 Å². The lowest BCUT2D eigenvalue weighted by atomic mass is 9.85. The number of thiazole rings is 1. The van der Waals surface area contributed by atoms with Gasteiger partial charge in [-0.1, -0.05) is 101 Å². The van der Waals surface area contributed by atoms with Crippen molar-refractivity contribution in [3.05, 3.63) is 99.8 Å². The lowest BCUT2D eigenvalue weighted by Gasteiger charge is -2.35. The summed E-state index contributed by atoms with van der Waals surface area (Å²) in [5, 5.41) is 22.6. The minimum atomic E-state index is -3.60. The smallest absolute Gasteiger partial charge is 0.246 e. The van der Waals surface area contributed by atoms with E-state index in [-0.39, 0.29) is 83.3 Å². The Balaban J connectivity index is 0.805. The van der Waals surface area contributed by atoms with Gasteiger partial charge in [0.15, 0.2) is 15.7 Å². The molecule has 0 radical (unpaired) electrons. The molecule has 2 aliphatic rings. The van der Waals surface area contributed by atoms with Gasteiger partial charge in [-0.05, 0) is 125 Å². The van der Waals surface area contributed by atoms with Crippen molar-refractivity contribution in [1.29, 1.82) is 0 Å². The average Bonchev–Trinajstić information content (AvgIpc) is 4.05. The number of para-hydroxylation sites is 1. The van der Waals surface area contributed by atoms with E-state index < -0.39 is 38.7 Å². The number of aromatic nitrogens is 3. The standard InChI is InChI=1S/C61H82ClN9O8S2/c1-38(2)79-51-33-46(40(5)31-49(51)67-60-64-35-47(62)57(69-60)66-48-19-17-18-20-52(48)81(77,78)39(3)4)43-27-29-70(30-28-43)54(74)22-16-14-12-10-11-13-15-21-53(73)68-56(61(7,8)9)59(76)71-36-45(72)32-50(71)58(75)63-34-42-23-25-44(26-24-42)55-41(6)65-37-80-55/h17-20,23-26,31,33,35,37-39,43,45,50,56,72H,10-16,21-22,27-30,32,34,36H2,1-9H3,(H,63,75)(H,68,73)(H2,64,66,67,69)/t45-,50+,56?/m1/s1. The Morgan fingerprint density at radius 1 is 0.864 bits per heavy atom. The van der Waals surface area contributed by atoms with E-state index in [0.29, 0.717) is 43.1 Å². The summed E-state index contributed by atoms with van der Waals surface area (Å²) in [6.45, 7) is 18.6. The number of rotatable bonds is 25. The quantitative estimate of drug-likeness (QED) is 0.0343. The highest BCUT2D eigenvalue weighted by molar-refractivity contribution is 7.92. The number of likely N-dealkylation sites (tertiary alicyclic amines) is 2. The lowest BCUT2D eigenvalue weighted by molar-refractivity contribution is -0.144. The predicted molar refractivity (Wildman–Crippen MR) is 321 cm³/mol. The van der Waals surface area contributed by atoms with Gasteiger partial charge in [0.1, 0.15) is 22.9 Å². The molecule has 2 fully saturated rings. The number of carbonyl (C=O) groups is 4. The van der Waals surface area contributed by atoms with Gasteiger partial charge in [0.05, 0.1) is 56.0 Å². The summed E-state index contributed by atoms with van der Waals surface area (Å²) < 4.78 is 32.6. The maximum atomic E-state index is 14.1. The summed E-state index contributed by atoms with van der Waals surface area (Å²) in [6.07, 6.45) is 9.39. The summed E-state index contributed by atoms with van der Waals surface area (Å²) in [6, 6.07) is 17.0. The Hall–Kier alpha value is -6.15. The number of aryl methyl sites for hydroxylation is 2. The fourth-order valence-corrected chi connectivity index (χ4v) is 12.6. The van der Waals surface area contributed by atoms with Crippen LogP contribution in [-0.2, 0) is 35.6 Å². The third-order valence-corrected chi connectivity index (χ3v) is 18.5. The van der Waals surface area contributed by atoms with Crippen molar-refractivity contribution in [2.75, 3.05) is 30.3 Å². The Morgan fingerprint density at radius 2 is 1.53 bits per heavy atom. The van der Waals surface area contributed by atoms with Gasteiger partial charge in [-0.3, -0.25) is 19.2 Å². The molecule has 5 N–H and O–H groups in total. The molecule has 0 aliphatic carbocycles. The minimum Gasteiger partial charge on any atom is -0.489 e. The summed E-state index contributed by atoms with van der Waals surface area (Å²) in [7, 11) is -3.60. The second kappa shape index (κ2) is 28.2. The molecular weight excluding hydrogens is 1090 g/mol. The number of anilines is 4. The molecule has 0 saturated carbocycles. The summed E-state index contributed by atoms with van der Waals surface area (Å²) in [5.74, 6) is 0.635. The zero-order valence-corrected chi connectivity index (χ0v) is 50.8. The fraction of sp³-hybridized carbons (Fsp3) is 0.525. The van der Waals surface area contributed by atoms with Gasteiger partial charge in [0.2, 0.25) is 29.6 Å². The number of ether oxygens (including phenoxy) is 1. The van der Waals surface area contributed by atoms with Gasteiger partial charge in [0.25, 0.3) is 0 Å².